The van der Waals surface area contributed by atoms with Gasteiger partial charge in [-0.25, -0.2) is 0 Å². The standard InChI is InChI=1S/C84H57N3OSi/c1-8-23-58(24-9-1)62-39-45-77-73(51-62)74-52-63(59-25-10-2-11-26-59)40-46-78(74)85(77)67-43-49-81-83(56-67)88-84-57-68(86-79-47-41-64(60-27-12-3-13-28-60)53-75(79)76-54-65(42-48-80(76)86)61-29-14-4-15-30-61)44-50-82(84)87(81)66-31-22-38-72(55-66)89(69-32-16-5-17-33-69,70-34-18-6-19-35-70)71-36-20-7-21-37-71/h1-57H. The fraction of sp³-hybridized carbons (Fsp3) is 0. The molecule has 0 N–H and O–H groups in total. The van der Waals surface area contributed by atoms with E-state index in [1.165, 1.54) is 86.8 Å². The second kappa shape index (κ2) is 21.5. The third kappa shape index (κ3) is 8.73. The normalized spacial score (nSPS) is 12.1. The van der Waals surface area contributed by atoms with Crippen LogP contribution in [0.4, 0.5) is 17.1 Å². The molecule has 4 nitrogen and oxygen atoms in total. The average molecular weight is 1150 g/mol. The topological polar surface area (TPSA) is 22.3 Å². The van der Waals surface area contributed by atoms with Gasteiger partial charge in [0.2, 0.25) is 0 Å². The van der Waals surface area contributed by atoms with Crippen LogP contribution in [0.5, 0.6) is 11.5 Å². The number of ether oxygens (including phenoxy) is 1. The van der Waals surface area contributed by atoms with Crippen molar-refractivity contribution in [3.8, 4) is 67.4 Å². The van der Waals surface area contributed by atoms with Crippen LogP contribution in [0.3, 0.4) is 0 Å². The van der Waals surface area contributed by atoms with E-state index in [4.69, 9.17) is 4.74 Å². The lowest BCUT2D eigenvalue weighted by Gasteiger charge is -2.37. The summed E-state index contributed by atoms with van der Waals surface area (Å²) in [6, 6.07) is 127. The predicted octanol–water partition coefficient (Wildman–Crippen LogP) is 19.5. The summed E-state index contributed by atoms with van der Waals surface area (Å²) < 4.78 is 12.3. The Labute approximate surface area is 518 Å². The van der Waals surface area contributed by atoms with Gasteiger partial charge >= 0.3 is 0 Å². The van der Waals surface area contributed by atoms with Gasteiger partial charge in [-0.1, -0.05) is 249 Å². The molecule has 16 aromatic rings. The number of hydrogen-bond donors (Lipinski definition) is 0. The molecule has 0 aliphatic carbocycles. The Morgan fingerprint density at radius 1 is 0.213 bits per heavy atom. The van der Waals surface area contributed by atoms with E-state index < -0.39 is 8.07 Å². The first-order valence-corrected chi connectivity index (χ1v) is 32.5. The Bertz CT molecular complexity index is 4780. The van der Waals surface area contributed by atoms with Crippen molar-refractivity contribution < 1.29 is 4.74 Å². The highest BCUT2D eigenvalue weighted by atomic mass is 28.3. The van der Waals surface area contributed by atoms with Gasteiger partial charge in [-0.15, -0.1) is 0 Å². The Kier molecular flexibility index (Phi) is 12.5. The molecule has 0 fully saturated rings. The molecule has 0 unspecified atom stereocenters. The number of fused-ring (bicyclic) bond motifs is 8. The van der Waals surface area contributed by atoms with E-state index in [0.717, 1.165) is 62.0 Å². The van der Waals surface area contributed by atoms with Gasteiger partial charge in [0, 0.05) is 39.4 Å². The maximum absolute atomic E-state index is 7.51. The van der Waals surface area contributed by atoms with E-state index in [9.17, 15) is 0 Å². The fourth-order valence-corrected chi connectivity index (χ4v) is 18.9. The molecule has 0 spiro atoms. The predicted molar refractivity (Wildman–Crippen MR) is 375 cm³/mol. The fourth-order valence-electron chi connectivity index (χ4n) is 14.1. The summed E-state index contributed by atoms with van der Waals surface area (Å²) >= 11 is 0. The van der Waals surface area contributed by atoms with E-state index >= 15 is 0 Å². The summed E-state index contributed by atoms with van der Waals surface area (Å²) in [6.45, 7) is 0. The van der Waals surface area contributed by atoms with E-state index in [-0.39, 0.29) is 0 Å². The van der Waals surface area contributed by atoms with Crippen LogP contribution in [-0.4, -0.2) is 17.2 Å². The van der Waals surface area contributed by atoms with Crippen LogP contribution < -0.4 is 30.4 Å². The zero-order valence-corrected chi connectivity index (χ0v) is 49.7. The van der Waals surface area contributed by atoms with Gasteiger partial charge in [-0.05, 0) is 150 Å². The summed E-state index contributed by atoms with van der Waals surface area (Å²) in [5.74, 6) is 1.52. The Balaban J connectivity index is 0.885. The van der Waals surface area contributed by atoms with Gasteiger partial charge in [0.25, 0.3) is 0 Å². The second-order valence-corrected chi connectivity index (χ2v) is 27.0. The van der Waals surface area contributed by atoms with Crippen molar-refractivity contribution in [1.29, 1.82) is 0 Å². The van der Waals surface area contributed by atoms with Crippen LogP contribution in [0, 0.1) is 0 Å². The molecule has 17 rings (SSSR count). The zero-order valence-electron chi connectivity index (χ0n) is 48.7. The minimum atomic E-state index is -2.94. The molecule has 5 heteroatoms. The molecule has 418 valence electrons. The van der Waals surface area contributed by atoms with Crippen molar-refractivity contribution in [3.63, 3.8) is 0 Å². The molecule has 3 heterocycles. The highest BCUT2D eigenvalue weighted by Crippen LogP contribution is 2.53. The molecule has 89 heavy (non-hydrogen) atoms. The minimum Gasteiger partial charge on any atom is -0.453 e. The Hall–Kier alpha value is -11.5. The number of rotatable bonds is 11. The maximum atomic E-state index is 7.51. The number of aromatic nitrogens is 2. The smallest absolute Gasteiger partial charge is 0.179 e. The summed E-state index contributed by atoms with van der Waals surface area (Å²) in [7, 11) is -2.94. The number of benzene rings is 14. The van der Waals surface area contributed by atoms with Crippen molar-refractivity contribution in [3.05, 3.63) is 346 Å². The Morgan fingerprint density at radius 2 is 0.517 bits per heavy atom. The monoisotopic (exact) mass is 1150 g/mol. The summed E-state index contributed by atoms with van der Waals surface area (Å²) in [5.41, 5.74) is 18.9. The summed E-state index contributed by atoms with van der Waals surface area (Å²) in [5, 5.41) is 10.00. The first-order valence-electron chi connectivity index (χ1n) is 30.5. The van der Waals surface area contributed by atoms with Crippen LogP contribution >= 0.6 is 0 Å². The van der Waals surface area contributed by atoms with Crippen molar-refractivity contribution in [2.75, 3.05) is 4.90 Å². The quantitative estimate of drug-likeness (QED) is 0.0951. The van der Waals surface area contributed by atoms with Gasteiger partial charge in [0.1, 0.15) is 0 Å². The minimum absolute atomic E-state index is 0.759. The van der Waals surface area contributed by atoms with E-state index in [2.05, 4.69) is 360 Å². The highest BCUT2D eigenvalue weighted by Gasteiger charge is 2.42. The van der Waals surface area contributed by atoms with E-state index in [1.807, 2.05) is 0 Å². The summed E-state index contributed by atoms with van der Waals surface area (Å²) in [6.07, 6.45) is 0. The van der Waals surface area contributed by atoms with Gasteiger partial charge < -0.3 is 18.8 Å². The van der Waals surface area contributed by atoms with Crippen molar-refractivity contribution >= 4 is 89.5 Å². The first kappa shape index (κ1) is 51.9. The van der Waals surface area contributed by atoms with Crippen LogP contribution in [-0.2, 0) is 0 Å². The van der Waals surface area contributed by atoms with E-state index in [0.29, 0.717) is 0 Å². The van der Waals surface area contributed by atoms with Crippen molar-refractivity contribution in [1.82, 2.24) is 9.13 Å². The van der Waals surface area contributed by atoms with Crippen molar-refractivity contribution in [2.24, 2.45) is 0 Å². The molecular weight excluding hydrogens is 1100 g/mol. The van der Waals surface area contributed by atoms with E-state index in [1.54, 1.807) is 0 Å². The second-order valence-electron chi connectivity index (χ2n) is 23.2. The third-order valence-electron chi connectivity index (χ3n) is 18.2. The van der Waals surface area contributed by atoms with Gasteiger partial charge in [-0.2, -0.15) is 0 Å². The molecule has 0 radical (unpaired) electrons. The largest absolute Gasteiger partial charge is 0.453 e. The van der Waals surface area contributed by atoms with Crippen LogP contribution in [0.15, 0.2) is 346 Å². The van der Waals surface area contributed by atoms with Gasteiger partial charge in [0.15, 0.2) is 19.6 Å². The van der Waals surface area contributed by atoms with Crippen molar-refractivity contribution in [2.45, 2.75) is 0 Å². The van der Waals surface area contributed by atoms with Gasteiger partial charge in [0.05, 0.1) is 44.8 Å². The molecule has 0 saturated carbocycles. The maximum Gasteiger partial charge on any atom is 0.179 e. The lowest BCUT2D eigenvalue weighted by Crippen LogP contribution is -2.74. The SMILES string of the molecule is c1ccc(-c2ccc3c(c2)c2cc(-c4ccccc4)ccc2n3-c2ccc3c(c2)Oc2cc(-n4c5ccc(-c6ccccc6)cc5c5cc(-c6ccccc6)ccc54)ccc2N3c2cccc([Si](c3ccccc3)(c3ccccc3)c3ccccc3)c2)cc1. The Morgan fingerprint density at radius 3 is 0.843 bits per heavy atom. The molecule has 0 bridgehead atoms. The summed E-state index contributed by atoms with van der Waals surface area (Å²) in [4.78, 5) is 2.43. The third-order valence-corrected chi connectivity index (χ3v) is 23.0. The number of nitrogens with zero attached hydrogens (tertiary/aromatic N) is 3. The lowest BCUT2D eigenvalue weighted by atomic mass is 10.0. The number of anilines is 3. The first-order chi connectivity index (χ1) is 44.1. The molecule has 1 aliphatic rings. The van der Waals surface area contributed by atoms with Gasteiger partial charge in [-0.3, -0.25) is 0 Å². The molecule has 0 amide bonds. The van der Waals surface area contributed by atoms with Crippen LogP contribution in [0.25, 0.3) is 99.5 Å². The van der Waals surface area contributed by atoms with Crippen LogP contribution in [0.1, 0.15) is 0 Å². The molecule has 14 aromatic carbocycles. The highest BCUT2D eigenvalue weighted by molar-refractivity contribution is 7.20. The molecule has 2 aromatic heterocycles. The lowest BCUT2D eigenvalue weighted by molar-refractivity contribution is 0.476. The average Bonchev–Trinajstić information content (AvgIpc) is 1.79. The molecule has 1 aliphatic heterocycles. The zero-order chi connectivity index (χ0) is 58.8. The molecular formula is C84H57N3OSi. The molecule has 0 saturated heterocycles. The van der Waals surface area contributed by atoms with Crippen LogP contribution in [0.2, 0.25) is 0 Å². The number of hydrogen-bond acceptors (Lipinski definition) is 2. The molecule has 0 atom stereocenters.